The highest BCUT2D eigenvalue weighted by Crippen LogP contribution is 2.25. The zero-order valence-electron chi connectivity index (χ0n) is 15.3. The molecule has 6 heteroatoms. The Labute approximate surface area is 154 Å². The number of likely N-dealkylation sites (N-methyl/N-ethyl adjacent to an activating group) is 1. The molecule has 6 nitrogen and oxygen atoms in total. The van der Waals surface area contributed by atoms with Crippen LogP contribution in [0.5, 0.6) is 0 Å². The number of carbonyl (C=O) groups is 3. The number of rotatable bonds is 4. The van der Waals surface area contributed by atoms with Crippen molar-refractivity contribution in [2.75, 3.05) is 26.7 Å². The second kappa shape index (κ2) is 8.34. The first kappa shape index (κ1) is 18.4. The lowest BCUT2D eigenvalue weighted by molar-refractivity contribution is -0.144. The molecule has 1 N–H and O–H groups in total. The summed E-state index contributed by atoms with van der Waals surface area (Å²) in [5.41, 5.74) is 0.991. The second-order valence-corrected chi connectivity index (χ2v) is 7.15. The Kier molecular flexibility index (Phi) is 5.91. The maximum Gasteiger partial charge on any atom is 0.242 e. The molecule has 2 heterocycles. The summed E-state index contributed by atoms with van der Waals surface area (Å²) in [5.74, 6) is -0.205. The highest BCUT2D eigenvalue weighted by Gasteiger charge is 2.38. The molecule has 26 heavy (non-hydrogen) atoms. The van der Waals surface area contributed by atoms with E-state index < -0.39 is 0 Å². The molecule has 0 saturated carbocycles. The molecule has 0 aliphatic carbocycles. The van der Waals surface area contributed by atoms with E-state index in [-0.39, 0.29) is 29.7 Å². The molecule has 2 fully saturated rings. The van der Waals surface area contributed by atoms with Crippen LogP contribution in [0.2, 0.25) is 0 Å². The van der Waals surface area contributed by atoms with Crippen molar-refractivity contribution >= 4 is 17.7 Å². The van der Waals surface area contributed by atoms with Crippen LogP contribution in [0, 0.1) is 5.92 Å². The quantitative estimate of drug-likeness (QED) is 0.880. The van der Waals surface area contributed by atoms with E-state index in [1.165, 1.54) is 0 Å². The first-order chi connectivity index (χ1) is 12.6. The third-order valence-corrected chi connectivity index (χ3v) is 5.41. The molecule has 1 aromatic rings. The van der Waals surface area contributed by atoms with Gasteiger partial charge < -0.3 is 15.1 Å². The fraction of sp³-hybridized carbons (Fsp3) is 0.550. The van der Waals surface area contributed by atoms with Crippen LogP contribution >= 0.6 is 0 Å². The summed E-state index contributed by atoms with van der Waals surface area (Å²) < 4.78 is 0. The van der Waals surface area contributed by atoms with Gasteiger partial charge in [-0.05, 0) is 31.2 Å². The van der Waals surface area contributed by atoms with E-state index in [1.807, 2.05) is 35.2 Å². The van der Waals surface area contributed by atoms with Crippen LogP contribution in [0.4, 0.5) is 0 Å². The summed E-state index contributed by atoms with van der Waals surface area (Å²) in [6.45, 7) is 1.79. The van der Waals surface area contributed by atoms with E-state index in [2.05, 4.69) is 5.32 Å². The lowest BCUT2D eigenvalue weighted by Gasteiger charge is -2.35. The molecule has 2 unspecified atom stereocenters. The number of carbonyl (C=O) groups excluding carboxylic acids is 3. The minimum atomic E-state index is -0.358. The summed E-state index contributed by atoms with van der Waals surface area (Å²) in [5, 5.41) is 2.65. The number of hydrogen-bond donors (Lipinski definition) is 1. The maximum atomic E-state index is 13.0. The molecule has 0 bridgehead atoms. The summed E-state index contributed by atoms with van der Waals surface area (Å²) in [7, 11) is 1.61. The Hall–Kier alpha value is -2.37. The van der Waals surface area contributed by atoms with Crippen molar-refractivity contribution in [1.29, 1.82) is 0 Å². The summed E-state index contributed by atoms with van der Waals surface area (Å²) >= 11 is 0. The average molecular weight is 357 g/mol. The molecule has 3 rings (SSSR count). The zero-order valence-corrected chi connectivity index (χ0v) is 15.3. The van der Waals surface area contributed by atoms with Gasteiger partial charge in [0.1, 0.15) is 6.04 Å². The standard InChI is InChI=1S/C20H27N3O3/c1-21-19(25)17-10-6-12-23(17)20(26)16-9-5-11-22(14-16)18(24)13-15-7-3-2-4-8-15/h2-4,7-8,16-17H,5-6,9-14H2,1H3,(H,21,25). The van der Waals surface area contributed by atoms with E-state index in [4.69, 9.17) is 0 Å². The first-order valence-corrected chi connectivity index (χ1v) is 9.44. The van der Waals surface area contributed by atoms with E-state index >= 15 is 0 Å². The van der Waals surface area contributed by atoms with E-state index in [1.54, 1.807) is 11.9 Å². The van der Waals surface area contributed by atoms with Crippen LogP contribution in [0.25, 0.3) is 0 Å². The molecule has 2 aliphatic rings. The largest absolute Gasteiger partial charge is 0.357 e. The Morgan fingerprint density at radius 3 is 2.54 bits per heavy atom. The third kappa shape index (κ3) is 4.06. The van der Waals surface area contributed by atoms with Gasteiger partial charge in [0.25, 0.3) is 0 Å². The number of likely N-dealkylation sites (tertiary alicyclic amines) is 2. The van der Waals surface area contributed by atoms with Crippen molar-refractivity contribution in [2.24, 2.45) is 5.92 Å². The molecular weight excluding hydrogens is 330 g/mol. The highest BCUT2D eigenvalue weighted by atomic mass is 16.2. The van der Waals surface area contributed by atoms with E-state index in [0.29, 0.717) is 26.1 Å². The number of hydrogen-bond acceptors (Lipinski definition) is 3. The van der Waals surface area contributed by atoms with E-state index in [9.17, 15) is 14.4 Å². The monoisotopic (exact) mass is 357 g/mol. The van der Waals surface area contributed by atoms with E-state index in [0.717, 1.165) is 31.2 Å². The van der Waals surface area contributed by atoms with Gasteiger partial charge in [-0.1, -0.05) is 30.3 Å². The van der Waals surface area contributed by atoms with Gasteiger partial charge in [0.2, 0.25) is 17.7 Å². The van der Waals surface area contributed by atoms with Crippen LogP contribution in [0.1, 0.15) is 31.2 Å². The van der Waals surface area contributed by atoms with Crippen molar-refractivity contribution < 1.29 is 14.4 Å². The predicted molar refractivity (Wildman–Crippen MR) is 98.3 cm³/mol. The lowest BCUT2D eigenvalue weighted by Crippen LogP contribution is -2.51. The van der Waals surface area contributed by atoms with Crippen LogP contribution in [0.15, 0.2) is 30.3 Å². The molecule has 0 spiro atoms. The van der Waals surface area contributed by atoms with Crippen LogP contribution in [0.3, 0.4) is 0 Å². The van der Waals surface area contributed by atoms with Crippen molar-refractivity contribution in [3.63, 3.8) is 0 Å². The first-order valence-electron chi connectivity index (χ1n) is 9.44. The summed E-state index contributed by atoms with van der Waals surface area (Å²) in [4.78, 5) is 41.1. The van der Waals surface area contributed by atoms with Crippen LogP contribution < -0.4 is 5.32 Å². The Balaban J connectivity index is 1.61. The molecule has 3 amide bonds. The number of nitrogens with one attached hydrogen (secondary N) is 1. The van der Waals surface area contributed by atoms with Crippen LogP contribution in [-0.2, 0) is 20.8 Å². The molecule has 2 atom stereocenters. The SMILES string of the molecule is CNC(=O)C1CCCN1C(=O)C1CCCN(C(=O)Cc2ccccc2)C1. The van der Waals surface area contributed by atoms with Gasteiger partial charge in [-0.25, -0.2) is 0 Å². The fourth-order valence-electron chi connectivity index (χ4n) is 3.99. The average Bonchev–Trinajstić information content (AvgIpc) is 3.17. The van der Waals surface area contributed by atoms with Crippen molar-refractivity contribution in [3.05, 3.63) is 35.9 Å². The van der Waals surface area contributed by atoms with Crippen molar-refractivity contribution in [2.45, 2.75) is 38.1 Å². The predicted octanol–water partition coefficient (Wildman–Crippen LogP) is 1.20. The number of piperidine rings is 1. The van der Waals surface area contributed by atoms with Gasteiger partial charge in [0.05, 0.1) is 12.3 Å². The summed E-state index contributed by atoms with van der Waals surface area (Å²) in [6.07, 6.45) is 3.55. The fourth-order valence-corrected chi connectivity index (χ4v) is 3.99. The molecule has 2 aliphatic heterocycles. The molecule has 1 aromatic carbocycles. The maximum absolute atomic E-state index is 13.0. The lowest BCUT2D eigenvalue weighted by atomic mass is 9.95. The van der Waals surface area contributed by atoms with Crippen molar-refractivity contribution in [1.82, 2.24) is 15.1 Å². The van der Waals surface area contributed by atoms with Gasteiger partial charge in [0.15, 0.2) is 0 Å². The smallest absolute Gasteiger partial charge is 0.242 e. The molecule has 0 radical (unpaired) electrons. The Morgan fingerprint density at radius 1 is 1.08 bits per heavy atom. The minimum absolute atomic E-state index is 0.0216. The second-order valence-electron chi connectivity index (χ2n) is 7.15. The number of amides is 3. The Bertz CT molecular complexity index is 662. The molecule has 0 aromatic heterocycles. The van der Waals surface area contributed by atoms with Gasteiger partial charge in [0, 0.05) is 26.7 Å². The Morgan fingerprint density at radius 2 is 1.81 bits per heavy atom. The zero-order chi connectivity index (χ0) is 18.5. The molecular formula is C20H27N3O3. The van der Waals surface area contributed by atoms with Gasteiger partial charge in [-0.3, -0.25) is 14.4 Å². The van der Waals surface area contributed by atoms with Crippen LogP contribution in [-0.4, -0.2) is 60.2 Å². The topological polar surface area (TPSA) is 69.7 Å². The normalized spacial score (nSPS) is 23.0. The third-order valence-electron chi connectivity index (χ3n) is 5.41. The van der Waals surface area contributed by atoms with Gasteiger partial charge in [-0.2, -0.15) is 0 Å². The van der Waals surface area contributed by atoms with Gasteiger partial charge in [-0.15, -0.1) is 0 Å². The molecule has 2 saturated heterocycles. The summed E-state index contributed by atoms with van der Waals surface area (Å²) in [6, 6.07) is 9.32. The van der Waals surface area contributed by atoms with Crippen molar-refractivity contribution in [3.8, 4) is 0 Å². The highest BCUT2D eigenvalue weighted by molar-refractivity contribution is 5.89. The molecule has 140 valence electrons. The number of nitrogens with zero attached hydrogens (tertiary/aromatic N) is 2. The van der Waals surface area contributed by atoms with Gasteiger partial charge >= 0.3 is 0 Å². The minimum Gasteiger partial charge on any atom is -0.357 e. The number of benzene rings is 1.